The van der Waals surface area contributed by atoms with E-state index in [1.807, 2.05) is 0 Å². The number of aromatic nitrogens is 4. The summed E-state index contributed by atoms with van der Waals surface area (Å²) in [4.78, 5) is 30.6. The van der Waals surface area contributed by atoms with Crippen molar-refractivity contribution in [3.63, 3.8) is 0 Å². The molecule has 0 unspecified atom stereocenters. The van der Waals surface area contributed by atoms with Crippen molar-refractivity contribution in [2.75, 3.05) is 16.8 Å². The van der Waals surface area contributed by atoms with Crippen LogP contribution in [-0.2, 0) is 11.3 Å². The van der Waals surface area contributed by atoms with Crippen LogP contribution < -0.4 is 10.2 Å². The van der Waals surface area contributed by atoms with E-state index in [0.717, 1.165) is 17.7 Å². The molecule has 1 aliphatic rings. The molecule has 148 valence electrons. The Labute approximate surface area is 164 Å². The van der Waals surface area contributed by atoms with Crippen molar-refractivity contribution in [3.8, 4) is 0 Å². The van der Waals surface area contributed by atoms with E-state index in [1.165, 1.54) is 15.6 Å². The Morgan fingerprint density at radius 2 is 2.03 bits per heavy atom. The first-order valence-electron chi connectivity index (χ1n) is 8.76. The average molecular weight is 398 g/mol. The van der Waals surface area contributed by atoms with Crippen LogP contribution in [-0.4, -0.2) is 38.3 Å². The van der Waals surface area contributed by atoms with Gasteiger partial charge >= 0.3 is 0 Å². The Balaban J connectivity index is 1.66. The molecule has 0 atom stereocenters. The molecule has 10 heteroatoms. The number of carbonyl (C=O) groups excluding carboxylic acids is 2. The Hall–Kier alpha value is -3.69. The van der Waals surface area contributed by atoms with Gasteiger partial charge in [0.25, 0.3) is 5.91 Å². The van der Waals surface area contributed by atoms with Crippen LogP contribution in [0.25, 0.3) is 0 Å². The third-order valence-electron chi connectivity index (χ3n) is 4.73. The number of fused-ring (bicyclic) bond motifs is 1. The summed E-state index contributed by atoms with van der Waals surface area (Å²) in [5.74, 6) is -1.95. The Bertz CT molecular complexity index is 1140. The Morgan fingerprint density at radius 3 is 2.79 bits per heavy atom. The summed E-state index contributed by atoms with van der Waals surface area (Å²) in [5.41, 5.74) is 1.86. The monoisotopic (exact) mass is 398 g/mol. The average Bonchev–Trinajstić information content (AvgIpc) is 3.04. The van der Waals surface area contributed by atoms with E-state index in [-0.39, 0.29) is 30.3 Å². The van der Waals surface area contributed by atoms with Gasteiger partial charge in [-0.15, -0.1) is 5.10 Å². The Kier molecular flexibility index (Phi) is 4.53. The minimum Gasteiger partial charge on any atom is -0.321 e. The van der Waals surface area contributed by atoms with Crippen molar-refractivity contribution >= 4 is 23.3 Å². The molecule has 4 rings (SSSR count). The van der Waals surface area contributed by atoms with Gasteiger partial charge in [0.15, 0.2) is 11.5 Å². The number of hydrogen-bond donors (Lipinski definition) is 1. The van der Waals surface area contributed by atoms with E-state index < -0.39 is 17.5 Å². The zero-order valence-electron chi connectivity index (χ0n) is 15.6. The quantitative estimate of drug-likeness (QED) is 0.730. The molecule has 1 aromatic carbocycles. The second-order valence-electron chi connectivity index (χ2n) is 6.68. The molecule has 0 fully saturated rings. The number of aryl methyl sites for hydroxylation is 1. The highest BCUT2D eigenvalue weighted by Crippen LogP contribution is 2.31. The van der Waals surface area contributed by atoms with Crippen LogP contribution in [0.2, 0.25) is 0 Å². The summed E-state index contributed by atoms with van der Waals surface area (Å²) in [6.07, 6.45) is 1.55. The SMILES string of the molecule is Cc1ccnc2c1NC(=O)CN2C(=O)c1nnn(Cc2ccc(F)cc2F)c1C. The van der Waals surface area contributed by atoms with E-state index >= 15 is 0 Å². The molecular formula is C19H16F2N6O2. The van der Waals surface area contributed by atoms with Gasteiger partial charge in [-0.2, -0.15) is 0 Å². The summed E-state index contributed by atoms with van der Waals surface area (Å²) in [6, 6.07) is 4.97. The van der Waals surface area contributed by atoms with Gasteiger partial charge in [-0.25, -0.2) is 18.4 Å². The van der Waals surface area contributed by atoms with Crippen LogP contribution in [0.1, 0.15) is 27.3 Å². The molecule has 0 spiro atoms. The maximum absolute atomic E-state index is 13.9. The standard InChI is InChI=1S/C19H16F2N6O2/c1-10-5-6-22-18-16(10)23-15(28)9-26(18)19(29)17-11(2)27(25-24-17)8-12-3-4-13(20)7-14(12)21/h3-7H,8-9H2,1-2H3,(H,23,28). The summed E-state index contributed by atoms with van der Waals surface area (Å²) >= 11 is 0. The third kappa shape index (κ3) is 3.33. The molecule has 1 aliphatic heterocycles. The van der Waals surface area contributed by atoms with Crippen LogP contribution in [0.15, 0.2) is 30.5 Å². The summed E-state index contributed by atoms with van der Waals surface area (Å²) in [6.45, 7) is 3.19. The molecule has 29 heavy (non-hydrogen) atoms. The normalized spacial score (nSPS) is 13.2. The molecule has 2 aromatic heterocycles. The maximum Gasteiger partial charge on any atom is 0.282 e. The van der Waals surface area contributed by atoms with Gasteiger partial charge in [0.05, 0.1) is 17.9 Å². The highest BCUT2D eigenvalue weighted by Gasteiger charge is 2.32. The van der Waals surface area contributed by atoms with Crippen LogP contribution >= 0.6 is 0 Å². The molecule has 0 aliphatic carbocycles. The van der Waals surface area contributed by atoms with Gasteiger partial charge in [-0.3, -0.25) is 14.5 Å². The second kappa shape index (κ2) is 7.04. The molecule has 0 saturated heterocycles. The topological polar surface area (TPSA) is 93.0 Å². The number of halogens is 2. The fourth-order valence-electron chi connectivity index (χ4n) is 3.12. The smallest absolute Gasteiger partial charge is 0.282 e. The van der Waals surface area contributed by atoms with E-state index in [1.54, 1.807) is 26.1 Å². The molecule has 0 saturated carbocycles. The lowest BCUT2D eigenvalue weighted by atomic mass is 10.1. The number of amides is 2. The predicted molar refractivity (Wildman–Crippen MR) is 99.5 cm³/mol. The molecule has 3 heterocycles. The van der Waals surface area contributed by atoms with Crippen molar-refractivity contribution in [2.45, 2.75) is 20.4 Å². The van der Waals surface area contributed by atoms with Gasteiger partial charge in [-0.1, -0.05) is 11.3 Å². The van der Waals surface area contributed by atoms with Crippen molar-refractivity contribution < 1.29 is 18.4 Å². The number of nitrogens with zero attached hydrogens (tertiary/aromatic N) is 5. The number of pyridine rings is 1. The van der Waals surface area contributed by atoms with E-state index in [9.17, 15) is 18.4 Å². The summed E-state index contributed by atoms with van der Waals surface area (Å²) < 4.78 is 28.4. The van der Waals surface area contributed by atoms with Crippen LogP contribution in [0.3, 0.4) is 0 Å². The lowest BCUT2D eigenvalue weighted by molar-refractivity contribution is -0.115. The molecular weight excluding hydrogens is 382 g/mol. The molecule has 0 radical (unpaired) electrons. The van der Waals surface area contributed by atoms with Gasteiger partial charge in [0.1, 0.15) is 18.2 Å². The van der Waals surface area contributed by atoms with E-state index in [2.05, 4.69) is 20.6 Å². The van der Waals surface area contributed by atoms with Crippen LogP contribution in [0.4, 0.5) is 20.3 Å². The third-order valence-corrected chi connectivity index (χ3v) is 4.73. The molecule has 8 nitrogen and oxygen atoms in total. The zero-order chi connectivity index (χ0) is 20.7. The van der Waals surface area contributed by atoms with Crippen molar-refractivity contribution in [3.05, 3.63) is 64.6 Å². The van der Waals surface area contributed by atoms with Crippen molar-refractivity contribution in [1.82, 2.24) is 20.0 Å². The minimum atomic E-state index is -0.714. The number of anilines is 2. The first-order chi connectivity index (χ1) is 13.8. The first-order valence-corrected chi connectivity index (χ1v) is 8.76. The van der Waals surface area contributed by atoms with Gasteiger partial charge in [0, 0.05) is 17.8 Å². The van der Waals surface area contributed by atoms with Crippen molar-refractivity contribution in [1.29, 1.82) is 0 Å². The lowest BCUT2D eigenvalue weighted by Crippen LogP contribution is -2.43. The largest absolute Gasteiger partial charge is 0.321 e. The first kappa shape index (κ1) is 18.7. The fourth-order valence-corrected chi connectivity index (χ4v) is 3.12. The van der Waals surface area contributed by atoms with Crippen molar-refractivity contribution in [2.24, 2.45) is 0 Å². The number of benzene rings is 1. The highest BCUT2D eigenvalue weighted by molar-refractivity contribution is 6.14. The highest BCUT2D eigenvalue weighted by atomic mass is 19.1. The zero-order valence-corrected chi connectivity index (χ0v) is 15.6. The number of hydrogen-bond acceptors (Lipinski definition) is 5. The van der Waals surface area contributed by atoms with Gasteiger partial charge in [-0.05, 0) is 31.5 Å². The molecule has 2 amide bonds. The van der Waals surface area contributed by atoms with E-state index in [4.69, 9.17) is 0 Å². The van der Waals surface area contributed by atoms with Gasteiger partial charge in [0.2, 0.25) is 5.91 Å². The Morgan fingerprint density at radius 1 is 1.24 bits per heavy atom. The number of carbonyl (C=O) groups is 2. The fraction of sp³-hybridized carbons (Fsp3) is 0.211. The van der Waals surface area contributed by atoms with Crippen LogP contribution in [0.5, 0.6) is 0 Å². The van der Waals surface area contributed by atoms with Crippen LogP contribution in [0, 0.1) is 25.5 Å². The second-order valence-corrected chi connectivity index (χ2v) is 6.68. The predicted octanol–water partition coefficient (Wildman–Crippen LogP) is 2.22. The summed E-state index contributed by atoms with van der Waals surface area (Å²) in [5, 5.41) is 10.6. The molecule has 3 aromatic rings. The molecule has 0 bridgehead atoms. The van der Waals surface area contributed by atoms with Gasteiger partial charge < -0.3 is 5.32 Å². The maximum atomic E-state index is 13.9. The van der Waals surface area contributed by atoms with E-state index in [0.29, 0.717) is 17.2 Å². The minimum absolute atomic E-state index is 0.0212. The molecule has 1 N–H and O–H groups in total. The summed E-state index contributed by atoms with van der Waals surface area (Å²) in [7, 11) is 0. The lowest BCUT2D eigenvalue weighted by Gasteiger charge is -2.28. The number of rotatable bonds is 3. The number of nitrogens with one attached hydrogen (secondary N) is 1.